The molecule has 0 radical (unpaired) electrons. The zero-order chi connectivity index (χ0) is 24.8. The summed E-state index contributed by atoms with van der Waals surface area (Å²) in [6.45, 7) is 1.66. The van der Waals surface area contributed by atoms with E-state index in [-0.39, 0.29) is 29.5 Å². The van der Waals surface area contributed by atoms with E-state index in [2.05, 4.69) is 16.3 Å². The van der Waals surface area contributed by atoms with E-state index >= 15 is 0 Å². The first-order chi connectivity index (χ1) is 17.4. The van der Waals surface area contributed by atoms with Crippen molar-refractivity contribution in [2.75, 3.05) is 18.4 Å². The Kier molecular flexibility index (Phi) is 4.37. The summed E-state index contributed by atoms with van der Waals surface area (Å²) < 4.78 is 6.22. The van der Waals surface area contributed by atoms with Gasteiger partial charge in [-0.2, -0.15) is 5.26 Å². The molecule has 2 aromatic rings. The Labute approximate surface area is 208 Å². The number of likely N-dealkylation sites (tertiary alicyclic amines) is 1. The van der Waals surface area contributed by atoms with Gasteiger partial charge in [0.25, 0.3) is 5.91 Å². The number of phenols is 1. The summed E-state index contributed by atoms with van der Waals surface area (Å²) >= 11 is 0. The number of hydrogen-bond donors (Lipinski definition) is 4. The van der Waals surface area contributed by atoms with Crippen molar-refractivity contribution in [2.45, 2.75) is 55.3 Å². The van der Waals surface area contributed by atoms with Gasteiger partial charge in [0, 0.05) is 24.6 Å². The van der Waals surface area contributed by atoms with Gasteiger partial charge in [-0.25, -0.2) is 0 Å². The third kappa shape index (κ3) is 2.67. The van der Waals surface area contributed by atoms with Gasteiger partial charge >= 0.3 is 0 Å². The van der Waals surface area contributed by atoms with Crippen molar-refractivity contribution >= 4 is 11.6 Å². The van der Waals surface area contributed by atoms with E-state index in [0.717, 1.165) is 24.2 Å². The molecule has 1 spiro atoms. The molecule has 184 valence electrons. The average molecular weight is 486 g/mol. The number of nitriles is 1. The van der Waals surface area contributed by atoms with Gasteiger partial charge in [0.15, 0.2) is 17.6 Å². The number of nitrogens with zero attached hydrogens (tertiary/aromatic N) is 2. The number of para-hydroxylation sites is 1. The molecule has 2 aromatic carbocycles. The minimum absolute atomic E-state index is 0.0273. The monoisotopic (exact) mass is 485 g/mol. The number of nitrogens with one attached hydrogen (secondary N) is 1. The number of hydrogen-bond acceptors (Lipinski definition) is 7. The quantitative estimate of drug-likeness (QED) is 0.525. The van der Waals surface area contributed by atoms with Crippen molar-refractivity contribution in [2.24, 2.45) is 5.92 Å². The molecule has 4 atom stereocenters. The lowest BCUT2D eigenvalue weighted by Crippen LogP contribution is -2.75. The maximum absolute atomic E-state index is 13.5. The molecule has 0 unspecified atom stereocenters. The van der Waals surface area contributed by atoms with Crippen LogP contribution in [0.3, 0.4) is 0 Å². The van der Waals surface area contributed by atoms with Gasteiger partial charge in [0.05, 0.1) is 27.8 Å². The second kappa shape index (κ2) is 7.25. The van der Waals surface area contributed by atoms with Crippen molar-refractivity contribution < 1.29 is 24.9 Å². The smallest absolute Gasteiger partial charge is 0.255 e. The summed E-state index contributed by atoms with van der Waals surface area (Å²) in [6.07, 6.45) is 2.50. The van der Waals surface area contributed by atoms with Crippen molar-refractivity contribution in [3.63, 3.8) is 0 Å². The first-order valence-electron chi connectivity index (χ1n) is 12.6. The van der Waals surface area contributed by atoms with Gasteiger partial charge in [-0.1, -0.05) is 18.2 Å². The van der Waals surface area contributed by atoms with E-state index in [9.17, 15) is 25.4 Å². The standard InChI is InChI=1S/C28H27N3O5/c29-13-17-3-1-2-4-19(17)30-26(34)18-12-28(35)21-11-16-7-8-20(32)24-22(16)27(28,25(36-24)23(18)33)9-10-31(21)14-15-5-6-15/h1-4,7-8,15,21,25,32-33,35H,5-6,9-12,14H2,(H,30,34)/t21-,25+,27+,28-/m1/s1. The number of rotatable bonds is 4. The highest BCUT2D eigenvalue weighted by Gasteiger charge is 2.73. The van der Waals surface area contributed by atoms with Gasteiger partial charge in [-0.3, -0.25) is 9.69 Å². The van der Waals surface area contributed by atoms with Crippen LogP contribution in [0.1, 0.15) is 42.4 Å². The first kappa shape index (κ1) is 21.7. The highest BCUT2D eigenvalue weighted by Crippen LogP contribution is 2.66. The molecule has 2 fully saturated rings. The Balaban J connectivity index is 1.36. The molecule has 1 saturated heterocycles. The molecule has 0 aromatic heterocycles. The van der Waals surface area contributed by atoms with Crippen molar-refractivity contribution in [3.05, 3.63) is 64.4 Å². The Morgan fingerprint density at radius 1 is 1.22 bits per heavy atom. The number of aromatic hydroxyl groups is 1. The van der Waals surface area contributed by atoms with Crippen LogP contribution in [0.2, 0.25) is 0 Å². The van der Waals surface area contributed by atoms with E-state index in [1.165, 1.54) is 12.8 Å². The number of anilines is 1. The minimum Gasteiger partial charge on any atom is -0.508 e. The fraction of sp³-hybridized carbons (Fsp3) is 0.429. The molecule has 2 bridgehead atoms. The van der Waals surface area contributed by atoms with Crippen LogP contribution in [0.25, 0.3) is 0 Å². The second-order valence-corrected chi connectivity index (χ2v) is 10.9. The van der Waals surface area contributed by atoms with Crippen molar-refractivity contribution in [1.29, 1.82) is 5.26 Å². The summed E-state index contributed by atoms with van der Waals surface area (Å²) in [5, 5.41) is 47.0. The summed E-state index contributed by atoms with van der Waals surface area (Å²) in [7, 11) is 0. The van der Waals surface area contributed by atoms with Crippen LogP contribution in [0.15, 0.2) is 47.7 Å². The van der Waals surface area contributed by atoms with Crippen LogP contribution in [0.4, 0.5) is 5.69 Å². The highest BCUT2D eigenvalue weighted by atomic mass is 16.5. The zero-order valence-corrected chi connectivity index (χ0v) is 19.7. The normalized spacial score (nSPS) is 31.9. The number of carbonyl (C=O) groups excluding carboxylic acids is 1. The van der Waals surface area contributed by atoms with Crippen LogP contribution in [-0.4, -0.2) is 57.0 Å². The molecule has 3 aliphatic carbocycles. The number of ether oxygens (including phenoxy) is 1. The molecule has 7 rings (SSSR count). The summed E-state index contributed by atoms with van der Waals surface area (Å²) in [6, 6.07) is 12.0. The lowest BCUT2D eigenvalue weighted by molar-refractivity contribution is -0.172. The number of piperidine rings is 1. The molecule has 8 heteroatoms. The molecular weight excluding hydrogens is 458 g/mol. The molecule has 2 aliphatic heterocycles. The Hall–Kier alpha value is -3.54. The number of amides is 1. The van der Waals surface area contributed by atoms with E-state index in [1.54, 1.807) is 30.3 Å². The van der Waals surface area contributed by atoms with E-state index in [1.807, 2.05) is 6.07 Å². The third-order valence-corrected chi connectivity index (χ3v) is 9.09. The molecule has 8 nitrogen and oxygen atoms in total. The van der Waals surface area contributed by atoms with Gasteiger partial charge in [0.1, 0.15) is 11.8 Å². The van der Waals surface area contributed by atoms with Crippen LogP contribution in [0.5, 0.6) is 11.5 Å². The summed E-state index contributed by atoms with van der Waals surface area (Å²) in [5.74, 6) is 0.116. The second-order valence-electron chi connectivity index (χ2n) is 10.9. The topological polar surface area (TPSA) is 126 Å². The molecule has 4 N–H and O–H groups in total. The minimum atomic E-state index is -1.37. The lowest BCUT2D eigenvalue weighted by Gasteiger charge is -2.62. The zero-order valence-electron chi connectivity index (χ0n) is 19.7. The number of phenolic OH excluding ortho intramolecular Hbond substituents is 1. The molecule has 5 aliphatic rings. The van der Waals surface area contributed by atoms with Gasteiger partial charge in [-0.05, 0) is 61.9 Å². The van der Waals surface area contributed by atoms with Crippen LogP contribution >= 0.6 is 0 Å². The Bertz CT molecular complexity index is 1390. The van der Waals surface area contributed by atoms with E-state index in [0.29, 0.717) is 35.8 Å². The molecular formula is C28H27N3O5. The fourth-order valence-electron chi connectivity index (χ4n) is 7.26. The van der Waals surface area contributed by atoms with Crippen molar-refractivity contribution in [1.82, 2.24) is 4.90 Å². The van der Waals surface area contributed by atoms with Crippen molar-refractivity contribution in [3.8, 4) is 17.6 Å². The largest absolute Gasteiger partial charge is 0.508 e. The first-order valence-corrected chi connectivity index (χ1v) is 12.6. The number of aliphatic hydroxyl groups excluding tert-OH is 1. The lowest BCUT2D eigenvalue weighted by atomic mass is 9.49. The molecule has 1 saturated carbocycles. The fourth-order valence-corrected chi connectivity index (χ4v) is 7.26. The van der Waals surface area contributed by atoms with Gasteiger partial charge in [0.2, 0.25) is 0 Å². The number of aliphatic hydroxyl groups is 2. The predicted octanol–water partition coefficient (Wildman–Crippen LogP) is 2.89. The summed E-state index contributed by atoms with van der Waals surface area (Å²) in [5.41, 5.74) is 0.179. The van der Waals surface area contributed by atoms with Crippen LogP contribution in [0, 0.1) is 17.2 Å². The SMILES string of the molecule is N#Cc1ccccc1NC(=O)C1=C(O)[C@@H]2Oc3c(O)ccc4c3[C@@]23CCN(CC2CC2)[C@H](C4)[C@]3(O)C1. The van der Waals surface area contributed by atoms with Gasteiger partial charge in [-0.15, -0.1) is 0 Å². The maximum Gasteiger partial charge on any atom is 0.255 e. The number of benzene rings is 2. The molecule has 2 heterocycles. The summed E-state index contributed by atoms with van der Waals surface area (Å²) in [4.78, 5) is 15.9. The third-order valence-electron chi connectivity index (χ3n) is 9.09. The predicted molar refractivity (Wildman–Crippen MR) is 130 cm³/mol. The van der Waals surface area contributed by atoms with Crippen LogP contribution < -0.4 is 10.1 Å². The van der Waals surface area contributed by atoms with E-state index in [4.69, 9.17) is 4.74 Å². The van der Waals surface area contributed by atoms with Gasteiger partial charge < -0.3 is 25.4 Å². The number of carbonyl (C=O) groups is 1. The Morgan fingerprint density at radius 2 is 2.03 bits per heavy atom. The van der Waals surface area contributed by atoms with E-state index < -0.39 is 23.0 Å². The molecule has 1 amide bonds. The molecule has 36 heavy (non-hydrogen) atoms. The van der Waals surface area contributed by atoms with Crippen LogP contribution in [-0.2, 0) is 16.6 Å². The highest BCUT2D eigenvalue weighted by molar-refractivity contribution is 6.05. The Morgan fingerprint density at radius 3 is 2.81 bits per heavy atom. The average Bonchev–Trinajstić information content (AvgIpc) is 3.61. The maximum atomic E-state index is 13.5.